The number of thioether (sulfide) groups is 1. The summed E-state index contributed by atoms with van der Waals surface area (Å²) in [7, 11) is -3.28. The van der Waals surface area contributed by atoms with Gasteiger partial charge in [-0.05, 0) is 54.3 Å². The smallest absolute Gasteiger partial charge is 0.209 e. The zero-order chi connectivity index (χ0) is 15.7. The van der Waals surface area contributed by atoms with Crippen LogP contribution in [0, 0.1) is 13.8 Å². The van der Waals surface area contributed by atoms with Gasteiger partial charge in [-0.2, -0.15) is 0 Å². The number of nitrogens with zero attached hydrogens (tertiary/aromatic N) is 4. The SMILES string of the molecule is Cc1ccc(C)c(S(=O)(=O)CCSc2nnnn2C2CC2)c1. The molecule has 0 aliphatic heterocycles. The highest BCUT2D eigenvalue weighted by Gasteiger charge is 2.28. The highest BCUT2D eigenvalue weighted by Crippen LogP contribution is 2.36. The summed E-state index contributed by atoms with van der Waals surface area (Å²) < 4.78 is 26.8. The van der Waals surface area contributed by atoms with E-state index in [0.29, 0.717) is 21.8 Å². The summed E-state index contributed by atoms with van der Waals surface area (Å²) in [6.07, 6.45) is 2.19. The number of benzene rings is 1. The Morgan fingerprint density at radius 3 is 2.82 bits per heavy atom. The van der Waals surface area contributed by atoms with E-state index >= 15 is 0 Å². The molecule has 118 valence electrons. The predicted molar refractivity (Wildman–Crippen MR) is 84.8 cm³/mol. The number of aryl methyl sites for hydroxylation is 2. The van der Waals surface area contributed by atoms with E-state index in [2.05, 4.69) is 15.5 Å². The second kappa shape index (κ2) is 6.00. The number of tetrazole rings is 1. The predicted octanol–water partition coefficient (Wildman–Crippen LogP) is 2.19. The topological polar surface area (TPSA) is 77.7 Å². The fourth-order valence-electron chi connectivity index (χ4n) is 2.22. The Bertz CT molecular complexity index is 782. The summed E-state index contributed by atoms with van der Waals surface area (Å²) in [6, 6.07) is 5.91. The quantitative estimate of drug-likeness (QED) is 0.751. The Kier molecular flexibility index (Phi) is 4.22. The molecule has 1 heterocycles. The lowest BCUT2D eigenvalue weighted by molar-refractivity contribution is 0.565. The van der Waals surface area contributed by atoms with Crippen molar-refractivity contribution in [1.82, 2.24) is 20.2 Å². The molecule has 0 radical (unpaired) electrons. The summed E-state index contributed by atoms with van der Waals surface area (Å²) in [4.78, 5) is 0.426. The third kappa shape index (κ3) is 3.33. The van der Waals surface area contributed by atoms with E-state index < -0.39 is 9.84 Å². The molecule has 0 bridgehead atoms. The van der Waals surface area contributed by atoms with E-state index in [0.717, 1.165) is 24.0 Å². The van der Waals surface area contributed by atoms with Gasteiger partial charge in [0.25, 0.3) is 0 Å². The molecule has 1 saturated carbocycles. The van der Waals surface area contributed by atoms with Gasteiger partial charge < -0.3 is 0 Å². The van der Waals surface area contributed by atoms with Crippen molar-refractivity contribution < 1.29 is 8.42 Å². The van der Waals surface area contributed by atoms with Crippen LogP contribution in [0.1, 0.15) is 30.0 Å². The molecule has 1 aliphatic carbocycles. The second-order valence-electron chi connectivity index (χ2n) is 5.57. The van der Waals surface area contributed by atoms with Crippen molar-refractivity contribution in [3.63, 3.8) is 0 Å². The molecule has 0 unspecified atom stereocenters. The minimum atomic E-state index is -3.28. The van der Waals surface area contributed by atoms with E-state index in [1.165, 1.54) is 11.8 Å². The standard InChI is InChI=1S/C14H18N4O2S2/c1-10-3-4-11(2)13(9-10)22(19,20)8-7-21-14-15-16-17-18(14)12-5-6-12/h3-4,9,12H,5-8H2,1-2H3. The molecule has 1 fully saturated rings. The Balaban J connectivity index is 1.67. The maximum atomic E-state index is 12.5. The van der Waals surface area contributed by atoms with Crippen molar-refractivity contribution in [1.29, 1.82) is 0 Å². The fraction of sp³-hybridized carbons (Fsp3) is 0.500. The Morgan fingerprint density at radius 1 is 1.32 bits per heavy atom. The van der Waals surface area contributed by atoms with Crippen LogP contribution in [0.5, 0.6) is 0 Å². The van der Waals surface area contributed by atoms with Crippen molar-refractivity contribution in [2.24, 2.45) is 0 Å². The van der Waals surface area contributed by atoms with Crippen molar-refractivity contribution in [3.05, 3.63) is 29.3 Å². The first-order chi connectivity index (χ1) is 10.5. The maximum Gasteiger partial charge on any atom is 0.209 e. The van der Waals surface area contributed by atoms with Gasteiger partial charge in [0, 0.05) is 5.75 Å². The summed E-state index contributed by atoms with van der Waals surface area (Å²) in [6.45, 7) is 3.73. The molecule has 0 saturated heterocycles. The maximum absolute atomic E-state index is 12.5. The molecular weight excluding hydrogens is 320 g/mol. The third-order valence-corrected chi connectivity index (χ3v) is 6.66. The van der Waals surface area contributed by atoms with Gasteiger partial charge in [0.1, 0.15) is 0 Å². The average molecular weight is 338 g/mol. The molecular formula is C14H18N4O2S2. The normalized spacial score (nSPS) is 15.2. The van der Waals surface area contributed by atoms with Crippen LogP contribution in [0.25, 0.3) is 0 Å². The Morgan fingerprint density at radius 2 is 2.09 bits per heavy atom. The molecule has 6 nitrogen and oxygen atoms in total. The van der Waals surface area contributed by atoms with Crippen LogP contribution in [-0.2, 0) is 9.84 Å². The van der Waals surface area contributed by atoms with Crippen LogP contribution in [0.2, 0.25) is 0 Å². The monoisotopic (exact) mass is 338 g/mol. The lowest BCUT2D eigenvalue weighted by Gasteiger charge is -2.08. The molecule has 3 rings (SSSR count). The molecule has 0 N–H and O–H groups in total. The number of hydrogen-bond donors (Lipinski definition) is 0. The number of rotatable bonds is 6. The highest BCUT2D eigenvalue weighted by molar-refractivity contribution is 8.00. The molecule has 0 amide bonds. The van der Waals surface area contributed by atoms with E-state index in [4.69, 9.17) is 0 Å². The van der Waals surface area contributed by atoms with Crippen LogP contribution in [-0.4, -0.2) is 40.1 Å². The van der Waals surface area contributed by atoms with E-state index in [1.807, 2.05) is 26.0 Å². The summed E-state index contributed by atoms with van der Waals surface area (Å²) in [5.74, 6) is 0.530. The van der Waals surface area contributed by atoms with Crippen molar-refractivity contribution in [2.45, 2.75) is 42.8 Å². The molecule has 2 aromatic rings. The van der Waals surface area contributed by atoms with Crippen LogP contribution < -0.4 is 0 Å². The Hall–Kier alpha value is -1.41. The van der Waals surface area contributed by atoms with Crippen LogP contribution in [0.4, 0.5) is 0 Å². The summed E-state index contributed by atoms with van der Waals surface area (Å²) in [5.41, 5.74) is 1.74. The zero-order valence-electron chi connectivity index (χ0n) is 12.6. The van der Waals surface area contributed by atoms with E-state index in [1.54, 1.807) is 10.7 Å². The highest BCUT2D eigenvalue weighted by atomic mass is 32.2. The second-order valence-corrected chi connectivity index (χ2v) is 8.71. The molecule has 1 aliphatic rings. The number of hydrogen-bond acceptors (Lipinski definition) is 6. The largest absolute Gasteiger partial charge is 0.224 e. The van der Waals surface area contributed by atoms with Crippen LogP contribution in [0.15, 0.2) is 28.3 Å². The summed E-state index contributed by atoms with van der Waals surface area (Å²) in [5, 5.41) is 12.3. The van der Waals surface area contributed by atoms with Gasteiger partial charge in [-0.15, -0.1) is 5.10 Å². The minimum Gasteiger partial charge on any atom is -0.224 e. The molecule has 0 atom stereocenters. The van der Waals surface area contributed by atoms with Crippen LogP contribution in [0.3, 0.4) is 0 Å². The molecule has 0 spiro atoms. The molecule has 1 aromatic heterocycles. The van der Waals surface area contributed by atoms with Gasteiger partial charge in [0.15, 0.2) is 9.84 Å². The first-order valence-electron chi connectivity index (χ1n) is 7.18. The number of sulfone groups is 1. The first-order valence-corrected chi connectivity index (χ1v) is 9.82. The molecule has 8 heteroatoms. The van der Waals surface area contributed by atoms with Gasteiger partial charge in [0.2, 0.25) is 5.16 Å². The first kappa shape index (κ1) is 15.5. The average Bonchev–Trinajstić information content (AvgIpc) is 3.21. The molecule has 1 aromatic carbocycles. The van der Waals surface area contributed by atoms with Gasteiger partial charge in [-0.3, -0.25) is 0 Å². The lowest BCUT2D eigenvalue weighted by atomic mass is 10.2. The zero-order valence-corrected chi connectivity index (χ0v) is 14.2. The van der Waals surface area contributed by atoms with Crippen LogP contribution >= 0.6 is 11.8 Å². The van der Waals surface area contributed by atoms with Gasteiger partial charge in [-0.1, -0.05) is 23.9 Å². The lowest BCUT2D eigenvalue weighted by Crippen LogP contribution is -2.11. The van der Waals surface area contributed by atoms with Crippen molar-refractivity contribution in [2.75, 3.05) is 11.5 Å². The van der Waals surface area contributed by atoms with Gasteiger partial charge >= 0.3 is 0 Å². The van der Waals surface area contributed by atoms with E-state index in [9.17, 15) is 8.42 Å². The number of aromatic nitrogens is 4. The van der Waals surface area contributed by atoms with Crippen molar-refractivity contribution >= 4 is 21.6 Å². The fourth-order valence-corrected chi connectivity index (χ4v) is 5.17. The molecule has 22 heavy (non-hydrogen) atoms. The van der Waals surface area contributed by atoms with Gasteiger partial charge in [0.05, 0.1) is 16.7 Å². The third-order valence-electron chi connectivity index (χ3n) is 3.62. The van der Waals surface area contributed by atoms with E-state index in [-0.39, 0.29) is 5.75 Å². The minimum absolute atomic E-state index is 0.0828. The summed E-state index contributed by atoms with van der Waals surface area (Å²) >= 11 is 1.40. The van der Waals surface area contributed by atoms with Crippen molar-refractivity contribution in [3.8, 4) is 0 Å². The van der Waals surface area contributed by atoms with Gasteiger partial charge in [-0.25, -0.2) is 13.1 Å². The Labute approximate surface area is 134 Å².